The lowest BCUT2D eigenvalue weighted by molar-refractivity contribution is -0.133. The molecule has 0 radical (unpaired) electrons. The summed E-state index contributed by atoms with van der Waals surface area (Å²) in [6, 6.07) is 10.4. The molecule has 7 heteroatoms. The van der Waals surface area contributed by atoms with E-state index >= 15 is 0 Å². The molecule has 1 fully saturated rings. The van der Waals surface area contributed by atoms with Gasteiger partial charge in [-0.15, -0.1) is 11.3 Å². The molecule has 1 unspecified atom stereocenters. The minimum atomic E-state index is 0.00914. The van der Waals surface area contributed by atoms with Crippen molar-refractivity contribution in [2.45, 2.75) is 19.4 Å². The second kappa shape index (κ2) is 8.70. The molecule has 0 spiro atoms. The molecule has 1 aromatic carbocycles. The first-order chi connectivity index (χ1) is 14.4. The maximum absolute atomic E-state index is 12.7. The third-order valence-electron chi connectivity index (χ3n) is 5.51. The van der Waals surface area contributed by atoms with Crippen LogP contribution in [0, 0.1) is 5.92 Å². The minimum Gasteiger partial charge on any atom is -0.355 e. The van der Waals surface area contributed by atoms with E-state index < -0.39 is 0 Å². The van der Waals surface area contributed by atoms with Crippen molar-refractivity contribution in [2.24, 2.45) is 5.92 Å². The summed E-state index contributed by atoms with van der Waals surface area (Å²) >= 11 is 1.67. The van der Waals surface area contributed by atoms with Crippen LogP contribution in [0.5, 0.6) is 0 Å². The highest BCUT2D eigenvalue weighted by molar-refractivity contribution is 7.17. The Morgan fingerprint density at radius 2 is 1.93 bits per heavy atom. The Balaban J connectivity index is 1.81. The molecule has 3 heterocycles. The van der Waals surface area contributed by atoms with Crippen molar-refractivity contribution in [3.05, 3.63) is 41.5 Å². The minimum absolute atomic E-state index is 0.00914. The molecule has 1 aliphatic rings. The van der Waals surface area contributed by atoms with Crippen LogP contribution < -0.4 is 4.90 Å². The molecule has 1 amide bonds. The highest BCUT2D eigenvalue weighted by Gasteiger charge is 2.29. The van der Waals surface area contributed by atoms with E-state index in [9.17, 15) is 4.79 Å². The number of benzene rings is 1. The first kappa shape index (κ1) is 20.8. The lowest BCUT2D eigenvalue weighted by Crippen LogP contribution is -2.43. The van der Waals surface area contributed by atoms with Crippen LogP contribution in [0.1, 0.15) is 18.7 Å². The van der Waals surface area contributed by atoms with E-state index in [1.54, 1.807) is 16.2 Å². The zero-order chi connectivity index (χ0) is 21.3. The lowest BCUT2D eigenvalue weighted by Gasteiger charge is -2.34. The molecule has 158 valence electrons. The third kappa shape index (κ3) is 4.18. The van der Waals surface area contributed by atoms with Crippen molar-refractivity contribution in [3.63, 3.8) is 0 Å². The molecule has 0 N–H and O–H groups in total. The summed E-state index contributed by atoms with van der Waals surface area (Å²) in [6.45, 7) is 2.30. The largest absolute Gasteiger partial charge is 0.355 e. The van der Waals surface area contributed by atoms with Crippen molar-refractivity contribution < 1.29 is 4.79 Å². The predicted molar refractivity (Wildman–Crippen MR) is 124 cm³/mol. The van der Waals surface area contributed by atoms with Gasteiger partial charge in [0.15, 0.2) is 0 Å². The van der Waals surface area contributed by atoms with Crippen molar-refractivity contribution in [2.75, 3.05) is 46.2 Å². The van der Waals surface area contributed by atoms with Gasteiger partial charge in [0.05, 0.1) is 17.8 Å². The number of hydrogen-bond acceptors (Lipinski definition) is 6. The monoisotopic (exact) mass is 423 g/mol. The molecular formula is C23H29N5OS. The summed E-state index contributed by atoms with van der Waals surface area (Å²) < 4.78 is 0. The summed E-state index contributed by atoms with van der Waals surface area (Å²) in [4.78, 5) is 29.6. The summed E-state index contributed by atoms with van der Waals surface area (Å²) in [6.07, 6.45) is 1.92. The fraction of sp³-hybridized carbons (Fsp3) is 0.435. The molecule has 1 saturated heterocycles. The van der Waals surface area contributed by atoms with E-state index in [0.717, 1.165) is 41.2 Å². The van der Waals surface area contributed by atoms with Gasteiger partial charge in [-0.05, 0) is 32.5 Å². The van der Waals surface area contributed by atoms with E-state index in [-0.39, 0.29) is 11.8 Å². The molecule has 1 atom stereocenters. The van der Waals surface area contributed by atoms with Crippen molar-refractivity contribution in [3.8, 4) is 11.1 Å². The molecule has 0 saturated carbocycles. The van der Waals surface area contributed by atoms with Gasteiger partial charge in [0.25, 0.3) is 0 Å². The highest BCUT2D eigenvalue weighted by Crippen LogP contribution is 2.39. The average molecular weight is 424 g/mol. The van der Waals surface area contributed by atoms with Crippen LogP contribution in [0.2, 0.25) is 0 Å². The Morgan fingerprint density at radius 1 is 1.17 bits per heavy atom. The highest BCUT2D eigenvalue weighted by atomic mass is 32.1. The molecule has 30 heavy (non-hydrogen) atoms. The van der Waals surface area contributed by atoms with Gasteiger partial charge in [-0.1, -0.05) is 30.3 Å². The quantitative estimate of drug-likeness (QED) is 0.626. The number of aromatic nitrogens is 2. The van der Waals surface area contributed by atoms with Crippen LogP contribution in [-0.2, 0) is 11.3 Å². The Labute approximate surface area is 182 Å². The van der Waals surface area contributed by atoms with E-state index in [0.29, 0.717) is 13.1 Å². The van der Waals surface area contributed by atoms with E-state index in [2.05, 4.69) is 39.4 Å². The molecule has 4 rings (SSSR count). The van der Waals surface area contributed by atoms with Crippen LogP contribution in [0.15, 0.2) is 35.7 Å². The Hall–Kier alpha value is -2.51. The molecule has 3 aromatic rings. The topological polar surface area (TPSA) is 52.6 Å². The molecular weight excluding hydrogens is 394 g/mol. The predicted octanol–water partition coefficient (Wildman–Crippen LogP) is 3.72. The number of anilines is 1. The van der Waals surface area contributed by atoms with Gasteiger partial charge in [0.1, 0.15) is 16.5 Å². The summed E-state index contributed by atoms with van der Waals surface area (Å²) in [7, 11) is 7.74. The SMILES string of the molecule is CN(C)Cc1nc(N2CCCC(C(=O)N(C)C)C2)c2c(-c3ccccc3)csc2n1. The van der Waals surface area contributed by atoms with Gasteiger partial charge in [0, 0.05) is 38.1 Å². The number of nitrogens with zero attached hydrogens (tertiary/aromatic N) is 5. The summed E-state index contributed by atoms with van der Waals surface area (Å²) in [5.74, 6) is 2.00. The normalized spacial score (nSPS) is 17.0. The number of piperidine rings is 1. The average Bonchev–Trinajstić information content (AvgIpc) is 3.16. The van der Waals surface area contributed by atoms with Gasteiger partial charge < -0.3 is 14.7 Å². The lowest BCUT2D eigenvalue weighted by atomic mass is 9.96. The first-order valence-electron chi connectivity index (χ1n) is 10.4. The van der Waals surface area contributed by atoms with Crippen molar-refractivity contribution in [1.82, 2.24) is 19.8 Å². The maximum atomic E-state index is 12.7. The van der Waals surface area contributed by atoms with Gasteiger partial charge in [0.2, 0.25) is 5.91 Å². The van der Waals surface area contributed by atoms with Crippen molar-refractivity contribution >= 4 is 33.3 Å². The smallest absolute Gasteiger partial charge is 0.226 e. The van der Waals surface area contributed by atoms with Crippen LogP contribution in [0.4, 0.5) is 5.82 Å². The zero-order valence-corrected chi connectivity index (χ0v) is 18.9. The van der Waals surface area contributed by atoms with E-state index in [1.807, 2.05) is 34.3 Å². The number of thiophene rings is 1. The van der Waals surface area contributed by atoms with Gasteiger partial charge in [-0.3, -0.25) is 4.79 Å². The van der Waals surface area contributed by atoms with Crippen molar-refractivity contribution in [1.29, 1.82) is 0 Å². The fourth-order valence-electron chi connectivity index (χ4n) is 4.12. The number of rotatable bonds is 5. The molecule has 1 aliphatic heterocycles. The first-order valence-corrected chi connectivity index (χ1v) is 11.3. The van der Waals surface area contributed by atoms with Gasteiger partial charge in [-0.25, -0.2) is 9.97 Å². The number of fused-ring (bicyclic) bond motifs is 1. The Bertz CT molecular complexity index is 1030. The third-order valence-corrected chi connectivity index (χ3v) is 6.39. The fourth-order valence-corrected chi connectivity index (χ4v) is 5.08. The zero-order valence-electron chi connectivity index (χ0n) is 18.1. The molecule has 0 bridgehead atoms. The standard InChI is InChI=1S/C23H29N5OS/c1-26(2)14-19-24-21(28-12-8-11-17(13-28)23(29)27(3)4)20-18(15-30-22(20)25-19)16-9-6-5-7-10-16/h5-7,9-10,15,17H,8,11-14H2,1-4H3. The number of carbonyl (C=O) groups is 1. The second-order valence-electron chi connectivity index (χ2n) is 8.41. The van der Waals surface area contributed by atoms with E-state index in [1.165, 1.54) is 11.1 Å². The second-order valence-corrected chi connectivity index (χ2v) is 9.27. The number of carbonyl (C=O) groups excluding carboxylic acids is 1. The Kier molecular flexibility index (Phi) is 6.01. The maximum Gasteiger partial charge on any atom is 0.226 e. The summed E-state index contributed by atoms with van der Waals surface area (Å²) in [5.41, 5.74) is 2.34. The number of amides is 1. The number of hydrogen-bond donors (Lipinski definition) is 0. The van der Waals surface area contributed by atoms with Crippen LogP contribution >= 0.6 is 11.3 Å². The molecule has 0 aliphatic carbocycles. The molecule has 6 nitrogen and oxygen atoms in total. The van der Waals surface area contributed by atoms with E-state index in [4.69, 9.17) is 9.97 Å². The summed E-state index contributed by atoms with van der Waals surface area (Å²) in [5, 5.41) is 3.29. The van der Waals surface area contributed by atoms with Crippen LogP contribution in [0.25, 0.3) is 21.3 Å². The molecule has 2 aromatic heterocycles. The van der Waals surface area contributed by atoms with Gasteiger partial charge in [-0.2, -0.15) is 0 Å². The Morgan fingerprint density at radius 3 is 2.63 bits per heavy atom. The van der Waals surface area contributed by atoms with Gasteiger partial charge >= 0.3 is 0 Å². The van der Waals surface area contributed by atoms with Crippen LogP contribution in [0.3, 0.4) is 0 Å². The van der Waals surface area contributed by atoms with Crippen LogP contribution in [-0.4, -0.2) is 67.0 Å².